The molecule has 2 fully saturated rings. The third kappa shape index (κ3) is 4.32. The van der Waals surface area contributed by atoms with Crippen LogP contribution in [0.25, 0.3) is 0 Å². The van der Waals surface area contributed by atoms with Gasteiger partial charge in [-0.2, -0.15) is 0 Å². The topological polar surface area (TPSA) is 59.4 Å². The summed E-state index contributed by atoms with van der Waals surface area (Å²) in [6.45, 7) is 9.49. The van der Waals surface area contributed by atoms with Crippen LogP contribution in [0, 0.1) is 20.8 Å². The lowest BCUT2D eigenvalue weighted by Gasteiger charge is -2.35. The van der Waals surface area contributed by atoms with Crippen LogP contribution in [0.5, 0.6) is 0 Å². The number of imidazole rings is 1. The van der Waals surface area contributed by atoms with E-state index in [-0.39, 0.29) is 6.03 Å². The van der Waals surface area contributed by atoms with Gasteiger partial charge in [0, 0.05) is 55.8 Å². The Balaban J connectivity index is 1.39. The number of likely N-dealkylation sites (tertiary alicyclic amines) is 1. The van der Waals surface area contributed by atoms with Gasteiger partial charge in [0.25, 0.3) is 0 Å². The van der Waals surface area contributed by atoms with Gasteiger partial charge < -0.3 is 19.5 Å². The number of anilines is 1. The van der Waals surface area contributed by atoms with E-state index in [1.165, 1.54) is 22.6 Å². The standard InChI is InChI=1S/C23H32N4O2/c1-16-4-5-20(14-17(16)2)25-23(28)26-10-6-21(7-11-26)27-18(3)15-24-22(27)19-8-12-29-13-9-19/h4-5,14-15,19,21H,6-13H2,1-3H3,(H,25,28). The van der Waals surface area contributed by atoms with Crippen molar-refractivity contribution in [1.82, 2.24) is 14.5 Å². The molecule has 2 aliphatic heterocycles. The van der Waals surface area contributed by atoms with Crippen molar-refractivity contribution in [2.75, 3.05) is 31.6 Å². The molecule has 29 heavy (non-hydrogen) atoms. The van der Waals surface area contributed by atoms with E-state index in [4.69, 9.17) is 9.72 Å². The Morgan fingerprint density at radius 1 is 1.07 bits per heavy atom. The molecule has 2 saturated heterocycles. The molecular formula is C23H32N4O2. The van der Waals surface area contributed by atoms with Crippen LogP contribution in [0.3, 0.4) is 0 Å². The summed E-state index contributed by atoms with van der Waals surface area (Å²) in [4.78, 5) is 19.4. The van der Waals surface area contributed by atoms with Crippen LogP contribution < -0.4 is 5.32 Å². The van der Waals surface area contributed by atoms with Crippen molar-refractivity contribution in [2.24, 2.45) is 0 Å². The molecule has 156 valence electrons. The Morgan fingerprint density at radius 2 is 1.79 bits per heavy atom. The van der Waals surface area contributed by atoms with Crippen LogP contribution >= 0.6 is 0 Å². The van der Waals surface area contributed by atoms with Gasteiger partial charge in [-0.05, 0) is 69.7 Å². The van der Waals surface area contributed by atoms with Crippen molar-refractivity contribution < 1.29 is 9.53 Å². The van der Waals surface area contributed by atoms with E-state index in [2.05, 4.69) is 36.7 Å². The molecule has 0 spiro atoms. The molecule has 6 nitrogen and oxygen atoms in total. The molecule has 2 amide bonds. The minimum atomic E-state index is -0.00120. The molecule has 0 radical (unpaired) electrons. The number of carbonyl (C=O) groups excluding carboxylic acids is 1. The Bertz CT molecular complexity index is 862. The maximum atomic E-state index is 12.7. The van der Waals surface area contributed by atoms with Crippen LogP contribution in [0.15, 0.2) is 24.4 Å². The monoisotopic (exact) mass is 396 g/mol. The Morgan fingerprint density at radius 3 is 2.48 bits per heavy atom. The maximum absolute atomic E-state index is 12.7. The van der Waals surface area contributed by atoms with Crippen LogP contribution in [0.2, 0.25) is 0 Å². The zero-order chi connectivity index (χ0) is 20.4. The zero-order valence-corrected chi connectivity index (χ0v) is 17.8. The Kier molecular flexibility index (Phi) is 5.90. The van der Waals surface area contributed by atoms with Crippen molar-refractivity contribution in [2.45, 2.75) is 58.4 Å². The van der Waals surface area contributed by atoms with Gasteiger partial charge in [0.15, 0.2) is 0 Å². The molecular weight excluding hydrogens is 364 g/mol. The lowest BCUT2D eigenvalue weighted by atomic mass is 9.97. The quantitative estimate of drug-likeness (QED) is 0.827. The summed E-state index contributed by atoms with van der Waals surface area (Å²) in [5, 5.41) is 3.06. The molecule has 0 atom stereocenters. The number of urea groups is 1. The summed E-state index contributed by atoms with van der Waals surface area (Å²) in [5.41, 5.74) is 4.52. The summed E-state index contributed by atoms with van der Waals surface area (Å²) >= 11 is 0. The van der Waals surface area contributed by atoms with E-state index in [1.807, 2.05) is 23.2 Å². The lowest BCUT2D eigenvalue weighted by Crippen LogP contribution is -2.42. The van der Waals surface area contributed by atoms with E-state index < -0.39 is 0 Å². The van der Waals surface area contributed by atoms with Crippen molar-refractivity contribution in [3.05, 3.63) is 47.0 Å². The predicted molar refractivity (Wildman–Crippen MR) is 115 cm³/mol. The molecule has 0 bridgehead atoms. The molecule has 0 aliphatic carbocycles. The van der Waals surface area contributed by atoms with E-state index in [9.17, 15) is 4.79 Å². The second-order valence-corrected chi connectivity index (χ2v) is 8.46. The first-order valence-corrected chi connectivity index (χ1v) is 10.8. The highest BCUT2D eigenvalue weighted by Gasteiger charge is 2.29. The molecule has 3 heterocycles. The van der Waals surface area contributed by atoms with Gasteiger partial charge in [0.05, 0.1) is 0 Å². The maximum Gasteiger partial charge on any atom is 0.321 e. The summed E-state index contributed by atoms with van der Waals surface area (Å²) in [6.07, 6.45) is 6.03. The molecule has 1 N–H and O–H groups in total. The third-order valence-corrected chi connectivity index (χ3v) is 6.47. The van der Waals surface area contributed by atoms with Gasteiger partial charge in [-0.25, -0.2) is 9.78 Å². The van der Waals surface area contributed by atoms with Crippen molar-refractivity contribution in [3.8, 4) is 0 Å². The number of nitrogens with one attached hydrogen (secondary N) is 1. The van der Waals surface area contributed by atoms with Crippen molar-refractivity contribution in [3.63, 3.8) is 0 Å². The highest BCUT2D eigenvalue weighted by molar-refractivity contribution is 5.89. The van der Waals surface area contributed by atoms with Crippen LogP contribution in [0.1, 0.15) is 60.3 Å². The fourth-order valence-electron chi connectivity index (χ4n) is 4.55. The molecule has 2 aromatic rings. The minimum Gasteiger partial charge on any atom is -0.381 e. The second-order valence-electron chi connectivity index (χ2n) is 8.46. The van der Waals surface area contributed by atoms with E-state index in [0.29, 0.717) is 12.0 Å². The summed E-state index contributed by atoms with van der Waals surface area (Å²) < 4.78 is 7.97. The largest absolute Gasteiger partial charge is 0.381 e. The Hall–Kier alpha value is -2.34. The average Bonchev–Trinajstić information content (AvgIpc) is 3.13. The molecule has 2 aliphatic rings. The van der Waals surface area contributed by atoms with E-state index in [1.54, 1.807) is 0 Å². The van der Waals surface area contributed by atoms with Gasteiger partial charge in [-0.15, -0.1) is 0 Å². The SMILES string of the molecule is Cc1ccc(NC(=O)N2CCC(n3c(C)cnc3C3CCOCC3)CC2)cc1C. The molecule has 1 aromatic heterocycles. The van der Waals surface area contributed by atoms with Crippen LogP contribution in [-0.2, 0) is 4.74 Å². The first kappa shape index (κ1) is 20.0. The smallest absolute Gasteiger partial charge is 0.321 e. The zero-order valence-electron chi connectivity index (χ0n) is 17.8. The van der Waals surface area contributed by atoms with Gasteiger partial charge in [0.1, 0.15) is 5.82 Å². The highest BCUT2D eigenvalue weighted by atomic mass is 16.5. The lowest BCUT2D eigenvalue weighted by molar-refractivity contribution is 0.0818. The van der Waals surface area contributed by atoms with E-state index in [0.717, 1.165) is 57.7 Å². The van der Waals surface area contributed by atoms with Gasteiger partial charge in [0.2, 0.25) is 0 Å². The third-order valence-electron chi connectivity index (χ3n) is 6.47. The predicted octanol–water partition coefficient (Wildman–Crippen LogP) is 4.57. The summed E-state index contributed by atoms with van der Waals surface area (Å²) in [5.74, 6) is 1.70. The van der Waals surface area contributed by atoms with Gasteiger partial charge in [-0.1, -0.05) is 6.07 Å². The number of ether oxygens (including phenoxy) is 1. The highest BCUT2D eigenvalue weighted by Crippen LogP contribution is 2.32. The fraction of sp³-hybridized carbons (Fsp3) is 0.565. The molecule has 6 heteroatoms. The number of amides is 2. The summed E-state index contributed by atoms with van der Waals surface area (Å²) in [7, 11) is 0. The van der Waals surface area contributed by atoms with Gasteiger partial charge in [-0.3, -0.25) is 0 Å². The molecule has 4 rings (SSSR count). The average molecular weight is 397 g/mol. The normalized spacial score (nSPS) is 18.8. The first-order valence-electron chi connectivity index (χ1n) is 10.8. The van der Waals surface area contributed by atoms with E-state index >= 15 is 0 Å². The summed E-state index contributed by atoms with van der Waals surface area (Å²) in [6, 6.07) is 6.48. The number of nitrogens with zero attached hydrogens (tertiary/aromatic N) is 3. The number of hydrogen-bond donors (Lipinski definition) is 1. The number of aromatic nitrogens is 2. The Labute approximate surface area is 173 Å². The van der Waals surface area contributed by atoms with Crippen LogP contribution in [-0.4, -0.2) is 46.8 Å². The number of piperidine rings is 1. The molecule has 0 saturated carbocycles. The van der Waals surface area contributed by atoms with Gasteiger partial charge >= 0.3 is 6.03 Å². The minimum absolute atomic E-state index is 0.00120. The number of carbonyl (C=O) groups is 1. The number of rotatable bonds is 3. The fourth-order valence-corrected chi connectivity index (χ4v) is 4.55. The number of benzene rings is 1. The first-order chi connectivity index (χ1) is 14.0. The number of aryl methyl sites for hydroxylation is 3. The van der Waals surface area contributed by atoms with Crippen molar-refractivity contribution >= 4 is 11.7 Å². The second kappa shape index (κ2) is 8.57. The molecule has 1 aromatic carbocycles. The van der Waals surface area contributed by atoms with Crippen LogP contribution in [0.4, 0.5) is 10.5 Å². The molecule has 0 unspecified atom stereocenters. The number of hydrogen-bond acceptors (Lipinski definition) is 3. The van der Waals surface area contributed by atoms with Crippen molar-refractivity contribution in [1.29, 1.82) is 0 Å².